The van der Waals surface area contributed by atoms with Crippen LogP contribution >= 0.6 is 0 Å². The van der Waals surface area contributed by atoms with E-state index in [9.17, 15) is 4.79 Å². The minimum absolute atomic E-state index is 0.00427. The molecule has 0 radical (unpaired) electrons. The molecule has 34 heavy (non-hydrogen) atoms. The Bertz CT molecular complexity index is 1080. The van der Waals surface area contributed by atoms with Crippen LogP contribution in [0.4, 0.5) is 5.69 Å². The second-order valence-corrected chi connectivity index (χ2v) is 9.64. The van der Waals surface area contributed by atoms with Crippen LogP contribution in [0.3, 0.4) is 0 Å². The van der Waals surface area contributed by atoms with Gasteiger partial charge in [0.15, 0.2) is 6.23 Å². The lowest BCUT2D eigenvalue weighted by atomic mass is 10.0. The summed E-state index contributed by atoms with van der Waals surface area (Å²) in [4.78, 5) is 14.0. The van der Waals surface area contributed by atoms with E-state index >= 15 is 0 Å². The standard InChI is InChI=1S/C27H35N5O2/c1-19(24-18-31(20(2)33)14-12-25(24)28-17-21-9-10-21)30-23-7-5-6-22(16-23)26-11-13-29-32(26)27-8-3-4-15-34-27/h5-7,11,13,16,21,27-28,30H,1,3-4,8-10,12,14-15,17-18H2,2H3. The predicted octanol–water partition coefficient (Wildman–Crippen LogP) is 4.68. The molecular formula is C27H35N5O2. The van der Waals surface area contributed by atoms with Crippen LogP contribution in [0.1, 0.15) is 51.7 Å². The molecule has 5 rings (SSSR count). The molecule has 1 saturated carbocycles. The highest BCUT2D eigenvalue weighted by atomic mass is 16.5. The molecule has 1 amide bonds. The summed E-state index contributed by atoms with van der Waals surface area (Å²) >= 11 is 0. The topological polar surface area (TPSA) is 71.4 Å². The molecule has 180 valence electrons. The molecule has 2 N–H and O–H groups in total. The van der Waals surface area contributed by atoms with Crippen molar-refractivity contribution in [2.75, 3.05) is 31.6 Å². The molecule has 3 heterocycles. The Labute approximate surface area is 201 Å². The molecule has 0 spiro atoms. The molecule has 1 aliphatic carbocycles. The van der Waals surface area contributed by atoms with E-state index in [4.69, 9.17) is 4.74 Å². The average Bonchev–Trinajstić information content (AvgIpc) is 3.56. The molecule has 3 aliphatic rings. The lowest BCUT2D eigenvalue weighted by Gasteiger charge is -2.32. The summed E-state index contributed by atoms with van der Waals surface area (Å²) in [7, 11) is 0. The lowest BCUT2D eigenvalue weighted by Crippen LogP contribution is -2.39. The van der Waals surface area contributed by atoms with Crippen LogP contribution in [-0.4, -0.2) is 46.8 Å². The number of carbonyl (C=O) groups excluding carboxylic acids is 1. The van der Waals surface area contributed by atoms with Crippen LogP contribution < -0.4 is 10.6 Å². The first-order chi connectivity index (χ1) is 16.6. The molecule has 7 heteroatoms. The summed E-state index contributed by atoms with van der Waals surface area (Å²) in [6.45, 7) is 9.13. The van der Waals surface area contributed by atoms with Crippen molar-refractivity contribution in [3.63, 3.8) is 0 Å². The van der Waals surface area contributed by atoms with Crippen molar-refractivity contribution < 1.29 is 9.53 Å². The molecule has 2 aliphatic heterocycles. The van der Waals surface area contributed by atoms with E-state index in [1.165, 1.54) is 18.5 Å². The highest BCUT2D eigenvalue weighted by Crippen LogP contribution is 2.31. The first-order valence-corrected chi connectivity index (χ1v) is 12.5. The molecule has 1 saturated heterocycles. The third kappa shape index (κ3) is 5.20. The van der Waals surface area contributed by atoms with E-state index in [2.05, 4.69) is 40.5 Å². The number of anilines is 1. The fraction of sp³-hybridized carbons (Fsp3) is 0.481. The molecule has 1 atom stereocenters. The van der Waals surface area contributed by atoms with E-state index in [1.807, 2.05) is 27.9 Å². The van der Waals surface area contributed by atoms with Crippen molar-refractivity contribution in [3.05, 3.63) is 60.1 Å². The van der Waals surface area contributed by atoms with Gasteiger partial charge in [-0.05, 0) is 56.2 Å². The molecule has 2 fully saturated rings. The van der Waals surface area contributed by atoms with Gasteiger partial charge in [0.05, 0.1) is 5.69 Å². The minimum Gasteiger partial charge on any atom is -0.388 e. The van der Waals surface area contributed by atoms with Crippen LogP contribution in [0.5, 0.6) is 0 Å². The Balaban J connectivity index is 1.34. The fourth-order valence-electron chi connectivity index (χ4n) is 4.79. The van der Waals surface area contributed by atoms with Crippen molar-refractivity contribution in [3.8, 4) is 11.3 Å². The number of aromatic nitrogens is 2. The van der Waals surface area contributed by atoms with Crippen LogP contribution in [0.25, 0.3) is 11.3 Å². The van der Waals surface area contributed by atoms with Gasteiger partial charge in [-0.3, -0.25) is 4.79 Å². The zero-order valence-electron chi connectivity index (χ0n) is 20.1. The smallest absolute Gasteiger partial charge is 0.219 e. The van der Waals surface area contributed by atoms with Crippen LogP contribution in [0.2, 0.25) is 0 Å². The number of nitrogens with one attached hydrogen (secondary N) is 2. The third-order valence-corrected chi connectivity index (χ3v) is 7.01. The van der Waals surface area contributed by atoms with Crippen LogP contribution in [-0.2, 0) is 9.53 Å². The number of carbonyl (C=O) groups is 1. The molecule has 0 bridgehead atoms. The van der Waals surface area contributed by atoms with E-state index in [-0.39, 0.29) is 12.1 Å². The zero-order valence-corrected chi connectivity index (χ0v) is 20.1. The highest BCUT2D eigenvalue weighted by molar-refractivity contribution is 5.74. The first-order valence-electron chi connectivity index (χ1n) is 12.5. The third-order valence-electron chi connectivity index (χ3n) is 7.01. The van der Waals surface area contributed by atoms with Gasteiger partial charge in [-0.2, -0.15) is 5.10 Å². The number of ether oxygens (including phenoxy) is 1. The van der Waals surface area contributed by atoms with Crippen molar-refractivity contribution in [2.45, 2.75) is 51.7 Å². The Hall–Kier alpha value is -3.06. The van der Waals surface area contributed by atoms with Crippen LogP contribution in [0.15, 0.2) is 60.1 Å². The molecule has 7 nitrogen and oxygen atoms in total. The van der Waals surface area contributed by atoms with Gasteiger partial charge >= 0.3 is 0 Å². The number of hydrogen-bond acceptors (Lipinski definition) is 5. The van der Waals surface area contributed by atoms with E-state index < -0.39 is 0 Å². The normalized spacial score (nSPS) is 20.9. The van der Waals surface area contributed by atoms with Gasteiger partial charge in [0, 0.05) is 74.0 Å². The maximum absolute atomic E-state index is 12.1. The minimum atomic E-state index is -0.00427. The summed E-state index contributed by atoms with van der Waals surface area (Å²) in [5.74, 6) is 0.891. The van der Waals surface area contributed by atoms with Crippen molar-refractivity contribution >= 4 is 11.6 Å². The Kier molecular flexibility index (Phi) is 6.72. The number of benzene rings is 1. The van der Waals surface area contributed by atoms with Crippen LogP contribution in [0, 0.1) is 5.92 Å². The SMILES string of the molecule is C=C(Nc1cccc(-c2ccnn2C2CCCCO2)c1)C1=C(NCC2CC2)CCN(C(C)=O)C1. The van der Waals surface area contributed by atoms with Crippen molar-refractivity contribution in [1.29, 1.82) is 0 Å². The monoisotopic (exact) mass is 461 g/mol. The number of rotatable bonds is 8. The zero-order chi connectivity index (χ0) is 23.5. The summed E-state index contributed by atoms with van der Waals surface area (Å²) in [5, 5.41) is 11.7. The maximum Gasteiger partial charge on any atom is 0.219 e. The Morgan fingerprint density at radius 1 is 1.24 bits per heavy atom. The Morgan fingerprint density at radius 2 is 2.12 bits per heavy atom. The summed E-state index contributed by atoms with van der Waals surface area (Å²) in [5.41, 5.74) is 6.24. The summed E-state index contributed by atoms with van der Waals surface area (Å²) < 4.78 is 7.97. The maximum atomic E-state index is 12.1. The van der Waals surface area contributed by atoms with Gasteiger partial charge in [0.25, 0.3) is 0 Å². The van der Waals surface area contributed by atoms with E-state index in [1.54, 1.807) is 6.92 Å². The number of hydrogen-bond donors (Lipinski definition) is 2. The average molecular weight is 462 g/mol. The largest absolute Gasteiger partial charge is 0.388 e. The summed E-state index contributed by atoms with van der Waals surface area (Å²) in [6, 6.07) is 10.4. The highest BCUT2D eigenvalue weighted by Gasteiger charge is 2.26. The van der Waals surface area contributed by atoms with Gasteiger partial charge in [0.2, 0.25) is 5.91 Å². The van der Waals surface area contributed by atoms with E-state index in [0.717, 1.165) is 79.5 Å². The van der Waals surface area contributed by atoms with Gasteiger partial charge in [-0.1, -0.05) is 18.7 Å². The second kappa shape index (κ2) is 10.1. The quantitative estimate of drug-likeness (QED) is 0.597. The number of amides is 1. The first kappa shape index (κ1) is 22.7. The van der Waals surface area contributed by atoms with Crippen molar-refractivity contribution in [1.82, 2.24) is 20.0 Å². The molecule has 1 aromatic carbocycles. The van der Waals surface area contributed by atoms with E-state index in [0.29, 0.717) is 6.54 Å². The Morgan fingerprint density at radius 3 is 2.88 bits per heavy atom. The second-order valence-electron chi connectivity index (χ2n) is 9.64. The van der Waals surface area contributed by atoms with Gasteiger partial charge in [-0.15, -0.1) is 0 Å². The van der Waals surface area contributed by atoms with Gasteiger partial charge in [-0.25, -0.2) is 4.68 Å². The molecule has 1 unspecified atom stereocenters. The molecular weight excluding hydrogens is 426 g/mol. The van der Waals surface area contributed by atoms with Gasteiger partial charge in [0.1, 0.15) is 0 Å². The number of nitrogens with zero attached hydrogens (tertiary/aromatic N) is 3. The van der Waals surface area contributed by atoms with Crippen molar-refractivity contribution in [2.24, 2.45) is 5.92 Å². The molecule has 2 aromatic rings. The lowest BCUT2D eigenvalue weighted by molar-refractivity contribution is -0.128. The fourth-order valence-corrected chi connectivity index (χ4v) is 4.79. The predicted molar refractivity (Wildman–Crippen MR) is 134 cm³/mol. The summed E-state index contributed by atoms with van der Waals surface area (Å²) in [6.07, 6.45) is 8.55. The van der Waals surface area contributed by atoms with Gasteiger partial charge < -0.3 is 20.3 Å². The molecule has 1 aromatic heterocycles.